The maximum atomic E-state index is 11.5. The van der Waals surface area contributed by atoms with Crippen LogP contribution in [0.3, 0.4) is 0 Å². The van der Waals surface area contributed by atoms with Gasteiger partial charge in [0.2, 0.25) is 0 Å². The van der Waals surface area contributed by atoms with E-state index in [1.807, 2.05) is 0 Å². The smallest absolute Gasteiger partial charge is 0.412 e. The van der Waals surface area contributed by atoms with Crippen molar-refractivity contribution in [2.45, 2.75) is 26.4 Å². The van der Waals surface area contributed by atoms with Crippen molar-refractivity contribution in [2.75, 3.05) is 5.32 Å². The van der Waals surface area contributed by atoms with Crippen LogP contribution in [0.15, 0.2) is 22.7 Å². The van der Waals surface area contributed by atoms with Crippen molar-refractivity contribution >= 4 is 34.0 Å². The van der Waals surface area contributed by atoms with E-state index in [-0.39, 0.29) is 0 Å². The summed E-state index contributed by atoms with van der Waals surface area (Å²) in [5.41, 5.74) is 0.253. The molecule has 0 fully saturated rings. The van der Waals surface area contributed by atoms with Gasteiger partial charge in [0, 0.05) is 10.0 Å². The van der Waals surface area contributed by atoms with Gasteiger partial charge in [0.1, 0.15) is 5.60 Å². The number of halogens is 1. The van der Waals surface area contributed by atoms with E-state index in [1.54, 1.807) is 39.0 Å². The number of benzene rings is 1. The fourth-order valence-electron chi connectivity index (χ4n) is 1.16. The Morgan fingerprint density at radius 1 is 1.41 bits per heavy atom. The van der Waals surface area contributed by atoms with Gasteiger partial charge in [0.25, 0.3) is 0 Å². The normalized spacial score (nSPS) is 10.8. The van der Waals surface area contributed by atoms with Crippen LogP contribution in [-0.4, -0.2) is 18.0 Å². The van der Waals surface area contributed by atoms with Crippen molar-refractivity contribution in [1.29, 1.82) is 0 Å². The van der Waals surface area contributed by atoms with Crippen molar-refractivity contribution in [3.05, 3.63) is 28.2 Å². The Labute approximate surface area is 108 Å². The third kappa shape index (κ3) is 4.56. The number of aldehydes is 1. The molecule has 0 atom stereocenters. The van der Waals surface area contributed by atoms with Crippen molar-refractivity contribution in [3.8, 4) is 0 Å². The molecule has 1 aromatic carbocycles. The van der Waals surface area contributed by atoms with Gasteiger partial charge in [-0.2, -0.15) is 0 Å². The maximum Gasteiger partial charge on any atom is 0.412 e. The van der Waals surface area contributed by atoms with Crippen molar-refractivity contribution in [2.24, 2.45) is 0 Å². The molecule has 1 amide bonds. The summed E-state index contributed by atoms with van der Waals surface area (Å²) >= 11 is 3.25. The van der Waals surface area contributed by atoms with Gasteiger partial charge in [-0.25, -0.2) is 4.79 Å². The molecule has 0 unspecified atom stereocenters. The van der Waals surface area contributed by atoms with Crippen LogP contribution >= 0.6 is 15.9 Å². The van der Waals surface area contributed by atoms with E-state index in [0.29, 0.717) is 17.5 Å². The number of rotatable bonds is 2. The summed E-state index contributed by atoms with van der Waals surface area (Å²) in [6.07, 6.45) is 0.0974. The van der Waals surface area contributed by atoms with E-state index in [9.17, 15) is 9.59 Å². The van der Waals surface area contributed by atoms with Crippen LogP contribution in [-0.2, 0) is 4.74 Å². The Morgan fingerprint density at radius 3 is 2.59 bits per heavy atom. The molecule has 0 aliphatic heterocycles. The van der Waals surface area contributed by atoms with E-state index in [0.717, 1.165) is 4.47 Å². The maximum absolute atomic E-state index is 11.5. The Balaban J connectivity index is 2.81. The molecule has 0 spiro atoms. The van der Waals surface area contributed by atoms with Gasteiger partial charge >= 0.3 is 6.09 Å². The van der Waals surface area contributed by atoms with Crippen LogP contribution in [0.1, 0.15) is 31.1 Å². The molecule has 5 heteroatoms. The molecule has 0 radical (unpaired) electrons. The Kier molecular flexibility index (Phi) is 4.28. The summed E-state index contributed by atoms with van der Waals surface area (Å²) in [5, 5.41) is 2.53. The second-order valence-corrected chi connectivity index (χ2v) is 5.39. The first-order valence-corrected chi connectivity index (χ1v) is 5.86. The number of anilines is 1. The lowest BCUT2D eigenvalue weighted by Crippen LogP contribution is -2.27. The molecule has 0 aromatic heterocycles. The average molecular weight is 300 g/mol. The lowest BCUT2D eigenvalue weighted by Gasteiger charge is -2.20. The average Bonchev–Trinajstić information content (AvgIpc) is 2.17. The molecule has 4 nitrogen and oxygen atoms in total. The zero-order chi connectivity index (χ0) is 13.1. The summed E-state index contributed by atoms with van der Waals surface area (Å²) in [6.45, 7) is 5.32. The summed E-state index contributed by atoms with van der Waals surface area (Å²) < 4.78 is 5.87. The highest BCUT2D eigenvalue weighted by atomic mass is 79.9. The third-order valence-corrected chi connectivity index (χ3v) is 2.27. The molecule has 1 aromatic rings. The lowest BCUT2D eigenvalue weighted by atomic mass is 10.2. The zero-order valence-electron chi connectivity index (χ0n) is 9.91. The number of ether oxygens (including phenoxy) is 1. The van der Waals surface area contributed by atoms with E-state index in [4.69, 9.17) is 4.74 Å². The molecular formula is C12H14BrNO3. The monoisotopic (exact) mass is 299 g/mol. The molecule has 0 aliphatic carbocycles. The summed E-state index contributed by atoms with van der Waals surface area (Å²) in [6, 6.07) is 5.00. The van der Waals surface area contributed by atoms with E-state index >= 15 is 0 Å². The molecule has 0 saturated heterocycles. The zero-order valence-corrected chi connectivity index (χ0v) is 11.5. The molecule has 0 saturated carbocycles. The van der Waals surface area contributed by atoms with E-state index < -0.39 is 11.7 Å². The van der Waals surface area contributed by atoms with Gasteiger partial charge < -0.3 is 4.74 Å². The molecule has 0 bridgehead atoms. The largest absolute Gasteiger partial charge is 0.444 e. The first-order valence-electron chi connectivity index (χ1n) is 5.06. The topological polar surface area (TPSA) is 55.4 Å². The van der Waals surface area contributed by atoms with E-state index in [2.05, 4.69) is 21.2 Å². The van der Waals surface area contributed by atoms with Gasteiger partial charge in [0.05, 0.1) is 5.69 Å². The first kappa shape index (κ1) is 13.7. The minimum absolute atomic E-state index is 0.394. The summed E-state index contributed by atoms with van der Waals surface area (Å²) in [5.74, 6) is 0. The molecular weight excluding hydrogens is 286 g/mol. The molecule has 0 aliphatic rings. The number of amides is 1. The number of carbonyl (C=O) groups is 2. The molecule has 1 N–H and O–H groups in total. The number of hydrogen-bond acceptors (Lipinski definition) is 3. The van der Waals surface area contributed by atoms with Crippen molar-refractivity contribution in [3.63, 3.8) is 0 Å². The minimum Gasteiger partial charge on any atom is -0.444 e. The fraction of sp³-hybridized carbons (Fsp3) is 0.333. The highest BCUT2D eigenvalue weighted by Gasteiger charge is 2.17. The number of hydrogen-bond donors (Lipinski definition) is 1. The second-order valence-electron chi connectivity index (χ2n) is 4.48. The van der Waals surface area contributed by atoms with Crippen LogP contribution in [0, 0.1) is 0 Å². The van der Waals surface area contributed by atoms with Gasteiger partial charge in [-0.3, -0.25) is 10.1 Å². The summed E-state index contributed by atoms with van der Waals surface area (Å²) in [7, 11) is 0. The lowest BCUT2D eigenvalue weighted by molar-refractivity contribution is 0.0636. The second kappa shape index (κ2) is 5.31. The predicted molar refractivity (Wildman–Crippen MR) is 69.4 cm³/mol. The molecule has 1 rings (SSSR count). The fourth-order valence-corrected chi connectivity index (χ4v) is 1.54. The quantitative estimate of drug-likeness (QED) is 0.849. The SMILES string of the molecule is CC(C)(C)OC(=O)Nc1ccc(Br)cc1C=O. The van der Waals surface area contributed by atoms with Crippen LogP contribution < -0.4 is 5.32 Å². The highest BCUT2D eigenvalue weighted by molar-refractivity contribution is 9.10. The highest BCUT2D eigenvalue weighted by Crippen LogP contribution is 2.20. The summed E-state index contributed by atoms with van der Waals surface area (Å²) in [4.78, 5) is 22.4. The standard InChI is InChI=1S/C12H14BrNO3/c1-12(2,3)17-11(16)14-10-5-4-9(13)6-8(10)7-15/h4-7H,1-3H3,(H,14,16). The van der Waals surface area contributed by atoms with Crippen LogP contribution in [0.2, 0.25) is 0 Å². The van der Waals surface area contributed by atoms with Gasteiger partial charge in [-0.15, -0.1) is 0 Å². The van der Waals surface area contributed by atoms with Crippen molar-refractivity contribution in [1.82, 2.24) is 0 Å². The molecule has 0 heterocycles. The van der Waals surface area contributed by atoms with E-state index in [1.165, 1.54) is 0 Å². The van der Waals surface area contributed by atoms with Gasteiger partial charge in [-0.1, -0.05) is 15.9 Å². The minimum atomic E-state index is -0.581. The van der Waals surface area contributed by atoms with Crippen LogP contribution in [0.5, 0.6) is 0 Å². The van der Waals surface area contributed by atoms with Gasteiger partial charge in [0.15, 0.2) is 6.29 Å². The Bertz CT molecular complexity index is 438. The Hall–Kier alpha value is -1.36. The molecule has 17 heavy (non-hydrogen) atoms. The van der Waals surface area contributed by atoms with Gasteiger partial charge in [-0.05, 0) is 39.0 Å². The van der Waals surface area contributed by atoms with Crippen molar-refractivity contribution < 1.29 is 14.3 Å². The number of nitrogens with one attached hydrogen (secondary N) is 1. The number of carbonyl (C=O) groups excluding carboxylic acids is 2. The van der Waals surface area contributed by atoms with Crippen LogP contribution in [0.4, 0.5) is 10.5 Å². The first-order chi connectivity index (χ1) is 7.81. The van der Waals surface area contributed by atoms with Crippen LogP contribution in [0.25, 0.3) is 0 Å². The third-order valence-electron chi connectivity index (χ3n) is 1.78. The molecule has 92 valence electrons. The predicted octanol–water partition coefficient (Wildman–Crippen LogP) is 3.61. The Morgan fingerprint density at radius 2 is 2.06 bits per heavy atom.